The summed E-state index contributed by atoms with van der Waals surface area (Å²) in [6.45, 7) is 6.36. The lowest BCUT2D eigenvalue weighted by atomic mass is 10.2. The number of halogens is 3. The third-order valence-corrected chi connectivity index (χ3v) is 11.8. The summed E-state index contributed by atoms with van der Waals surface area (Å²) in [6, 6.07) is 24.8. The highest BCUT2D eigenvalue weighted by molar-refractivity contribution is 6.28. The van der Waals surface area contributed by atoms with Crippen LogP contribution in [-0.2, 0) is 19.6 Å². The van der Waals surface area contributed by atoms with Gasteiger partial charge in [-0.25, -0.2) is 15.0 Å². The minimum atomic E-state index is -0.430. The topological polar surface area (TPSA) is 295 Å². The molecule has 83 heavy (non-hydrogen) atoms. The van der Waals surface area contributed by atoms with Crippen LogP contribution < -0.4 is 21.7 Å². The van der Waals surface area contributed by atoms with Gasteiger partial charge in [0.2, 0.25) is 11.2 Å². The van der Waals surface area contributed by atoms with Gasteiger partial charge in [0.05, 0.1) is 57.7 Å². The van der Waals surface area contributed by atoms with Gasteiger partial charge in [-0.15, -0.1) is 24.0 Å². The van der Waals surface area contributed by atoms with Gasteiger partial charge < -0.3 is 41.3 Å². The molecule has 0 fully saturated rings. The van der Waals surface area contributed by atoms with Crippen LogP contribution in [0.3, 0.4) is 0 Å². The fourth-order valence-corrected chi connectivity index (χ4v) is 7.50. The molecule has 10 rings (SSSR count). The predicted molar refractivity (Wildman–Crippen MR) is 337 cm³/mol. The molecule has 0 spiro atoms. The van der Waals surface area contributed by atoms with Crippen molar-refractivity contribution in [1.29, 1.82) is 0 Å². The van der Waals surface area contributed by atoms with Crippen molar-refractivity contribution in [2.24, 2.45) is 0 Å². The highest BCUT2D eigenvalue weighted by Crippen LogP contribution is 2.22. The van der Waals surface area contributed by atoms with E-state index in [4.69, 9.17) is 28.9 Å². The number of hydrogen-bond donors (Lipinski definition) is 5. The molecule has 6 aromatic heterocycles. The number of nitro groups is 2. The summed E-state index contributed by atoms with van der Waals surface area (Å²) in [5, 5.41) is 54.1. The zero-order valence-electron chi connectivity index (χ0n) is 48.2. The number of aromatic amines is 1. The van der Waals surface area contributed by atoms with Crippen molar-refractivity contribution in [1.82, 2.24) is 79.1 Å². The molecule has 10 aromatic rings. The second-order valence-electron chi connectivity index (χ2n) is 19.2. The van der Waals surface area contributed by atoms with Gasteiger partial charge in [0.1, 0.15) is 11.6 Å². The lowest BCUT2D eigenvalue weighted by molar-refractivity contribution is -0.384. The zero-order valence-corrected chi connectivity index (χ0v) is 50.5. The van der Waals surface area contributed by atoms with E-state index in [1.54, 1.807) is 43.8 Å². The molecule has 0 saturated carbocycles. The number of anilines is 5. The van der Waals surface area contributed by atoms with Gasteiger partial charge in [0, 0.05) is 134 Å². The van der Waals surface area contributed by atoms with E-state index in [9.17, 15) is 20.2 Å². The van der Waals surface area contributed by atoms with Crippen LogP contribution in [0.15, 0.2) is 122 Å². The summed E-state index contributed by atoms with van der Waals surface area (Å²) < 4.78 is 5.76. The maximum Gasteiger partial charge on any atom is 0.271 e. The van der Waals surface area contributed by atoms with Crippen molar-refractivity contribution in [2.45, 2.75) is 19.6 Å². The van der Waals surface area contributed by atoms with Crippen molar-refractivity contribution in [3.63, 3.8) is 0 Å². The van der Waals surface area contributed by atoms with E-state index in [1.165, 1.54) is 24.3 Å². The second-order valence-corrected chi connectivity index (χ2v) is 19.9. The number of nitrogen functional groups attached to an aromatic ring is 1. The number of alkyl halides is 1. The van der Waals surface area contributed by atoms with Crippen LogP contribution in [-0.4, -0.2) is 191 Å². The van der Waals surface area contributed by atoms with Gasteiger partial charge in [-0.2, -0.15) is 25.4 Å². The monoisotopic (exact) mass is 1200 g/mol. The Labute approximate surface area is 497 Å². The van der Waals surface area contributed by atoms with E-state index in [0.717, 1.165) is 107 Å². The second kappa shape index (κ2) is 34.2. The van der Waals surface area contributed by atoms with Gasteiger partial charge in [0.25, 0.3) is 11.4 Å². The number of nitrogens with two attached hydrogens (primary N) is 1. The number of nitrogens with zero attached hydrogens (tertiary/aromatic N) is 17. The maximum atomic E-state index is 10.6. The Bertz CT molecular complexity index is 3570. The fourth-order valence-electron chi connectivity index (χ4n) is 7.02. The average Bonchev–Trinajstić information content (AvgIpc) is 4.33. The third-order valence-electron chi connectivity index (χ3n) is 11.4. The molecule has 0 aliphatic rings. The minimum Gasteiger partial charge on any atom is -0.399 e. The molecule has 6 heterocycles. The average molecular weight is 1200 g/mol. The van der Waals surface area contributed by atoms with Crippen molar-refractivity contribution < 1.29 is 9.85 Å². The van der Waals surface area contributed by atoms with Crippen molar-refractivity contribution in [2.75, 3.05) is 124 Å². The van der Waals surface area contributed by atoms with E-state index in [-0.39, 0.29) is 29.1 Å². The summed E-state index contributed by atoms with van der Waals surface area (Å²) >= 11 is 10.8. The highest BCUT2D eigenvalue weighted by Gasteiger charge is 2.10. The molecule has 4 aromatic carbocycles. The standard InChI is InChI=1S/C16H21N7.C11H14N4O2.C11H16N4.C7H5N3O2.C5H6ClN3.C4H10ClN.ClH/c1-17-15-6-7-18-16(20-15)19-13-5-4-12-11-23(9-8-22(2)3)21-14(12)10-13;1-13(2)5-6-14-8-9-3-4-10(15(16)17)7-11(9)12-14;1-14(2)5-6-15-8-9-3-4-10(12)7-11(9)13-15;11-10(12)6-2-1-5-4-8-9-7(5)3-6;1-7-4-2-3-8-5(6)9-4;1-6(2)4-3-5;/h4-7,10-11H,8-9H2,1-3H3,(H2,17,18,19,20);3-4,7-8H,5-6H2,1-2H3;3-4,7-8H,5-6,12H2,1-2H3;1-4H,(H,8,9);2-3H,1H3,(H,7,8,9);3-4H2,1-2H3;1H. The molecule has 0 radical (unpaired) electrons. The van der Waals surface area contributed by atoms with Crippen LogP contribution in [0.4, 0.5) is 40.3 Å². The van der Waals surface area contributed by atoms with Gasteiger partial charge in [-0.05, 0) is 129 Å². The number of fused-ring (bicyclic) bond motifs is 4. The molecule has 0 bridgehead atoms. The summed E-state index contributed by atoms with van der Waals surface area (Å²) in [5.74, 6) is 2.79. The molecule has 0 saturated heterocycles. The summed E-state index contributed by atoms with van der Waals surface area (Å²) in [5.41, 5.74) is 10.8. The van der Waals surface area contributed by atoms with E-state index in [0.29, 0.717) is 17.0 Å². The van der Waals surface area contributed by atoms with Crippen molar-refractivity contribution >= 4 is 120 Å². The smallest absolute Gasteiger partial charge is 0.271 e. The van der Waals surface area contributed by atoms with E-state index < -0.39 is 9.85 Å². The molecule has 0 amide bonds. The third kappa shape index (κ3) is 23.2. The quantitative estimate of drug-likeness (QED) is 0.0187. The van der Waals surface area contributed by atoms with Crippen LogP contribution in [0.1, 0.15) is 0 Å². The molecular formula is C54H73Cl3N22O4. The number of nitrogens with one attached hydrogen (secondary N) is 4. The maximum absolute atomic E-state index is 10.6. The van der Waals surface area contributed by atoms with E-state index in [2.05, 4.69) is 123 Å². The van der Waals surface area contributed by atoms with Crippen LogP contribution in [0.2, 0.25) is 5.28 Å². The molecule has 0 aliphatic heterocycles. The summed E-state index contributed by atoms with van der Waals surface area (Å²) in [7, 11) is 19.8. The Balaban J connectivity index is 0.000000223. The molecule has 6 N–H and O–H groups in total. The summed E-state index contributed by atoms with van der Waals surface area (Å²) in [6.07, 6.45) is 11.0. The molecule has 26 nitrogen and oxygen atoms in total. The normalized spacial score (nSPS) is 10.7. The molecule has 29 heteroatoms. The first-order valence-corrected chi connectivity index (χ1v) is 26.6. The van der Waals surface area contributed by atoms with Crippen molar-refractivity contribution in [3.05, 3.63) is 148 Å². The fraction of sp³-hybridized carbons (Fsp3) is 0.333. The van der Waals surface area contributed by atoms with Gasteiger partial charge in [0.15, 0.2) is 0 Å². The SMILES string of the molecule is CN(C)CCCl.CN(C)CCn1cc2ccc(N)cc2n1.CN(C)CCn1cc2ccc([N+](=O)[O-])cc2n1.CNc1ccnc(Cl)n1.CNc1ccnc(Nc2ccc3cn(CCN(C)C)nc3c2)n1.Cl.O=[N+]([O-])c1ccc2cn[nH]c2c1. The number of rotatable bonds is 17. The van der Waals surface area contributed by atoms with Crippen LogP contribution in [0, 0.1) is 20.2 Å². The molecule has 0 atom stereocenters. The lowest BCUT2D eigenvalue weighted by Gasteiger charge is -2.08. The van der Waals surface area contributed by atoms with E-state index in [1.807, 2.05) is 96.8 Å². The molecule has 0 unspecified atom stereocenters. The summed E-state index contributed by atoms with van der Waals surface area (Å²) in [4.78, 5) is 44.6. The Morgan fingerprint density at radius 2 is 1.05 bits per heavy atom. The van der Waals surface area contributed by atoms with E-state index >= 15 is 0 Å². The minimum absolute atomic E-state index is 0. The van der Waals surface area contributed by atoms with Crippen molar-refractivity contribution in [3.8, 4) is 0 Å². The Morgan fingerprint density at radius 3 is 1.52 bits per heavy atom. The van der Waals surface area contributed by atoms with Gasteiger partial charge in [-0.3, -0.25) is 39.4 Å². The van der Waals surface area contributed by atoms with Crippen LogP contribution >= 0.6 is 35.6 Å². The Morgan fingerprint density at radius 1 is 0.590 bits per heavy atom. The van der Waals surface area contributed by atoms with Gasteiger partial charge in [-0.1, -0.05) is 0 Å². The molecular weight excluding hydrogens is 1130 g/mol. The number of H-pyrrole nitrogens is 1. The Kier molecular flexibility index (Phi) is 27.6. The van der Waals surface area contributed by atoms with Crippen LogP contribution in [0.5, 0.6) is 0 Å². The zero-order chi connectivity index (χ0) is 59.7. The molecule has 444 valence electrons. The Hall–Kier alpha value is -8.37. The van der Waals surface area contributed by atoms with Gasteiger partial charge >= 0.3 is 0 Å². The molecule has 0 aliphatic carbocycles. The first-order valence-electron chi connectivity index (χ1n) is 25.7. The number of aromatic nitrogens is 12. The first kappa shape index (κ1) is 67.1. The largest absolute Gasteiger partial charge is 0.399 e. The van der Waals surface area contributed by atoms with Crippen LogP contribution in [0.25, 0.3) is 43.6 Å². The predicted octanol–water partition coefficient (Wildman–Crippen LogP) is 8.71. The highest BCUT2D eigenvalue weighted by atomic mass is 35.5. The number of likely N-dealkylation sites (N-methyl/N-ethyl adjacent to an activating group) is 3. The number of hydrogen-bond acceptors (Lipinski definition) is 20. The lowest BCUT2D eigenvalue weighted by Crippen LogP contribution is -2.18. The number of non-ortho nitro benzene ring substituents is 2. The number of nitro benzene ring substituents is 2. The first-order chi connectivity index (χ1) is 39.2. The number of benzene rings is 4.